The number of benzene rings is 1. The summed E-state index contributed by atoms with van der Waals surface area (Å²) < 4.78 is 0. The Balaban J connectivity index is 1.98. The highest BCUT2D eigenvalue weighted by molar-refractivity contribution is 5.93. The molecular weight excluding hydrogens is 262 g/mol. The molecule has 21 heavy (non-hydrogen) atoms. The van der Waals surface area contributed by atoms with Crippen molar-refractivity contribution in [2.24, 2.45) is 11.1 Å². The third-order valence-corrected chi connectivity index (χ3v) is 3.20. The number of carbonyl (C=O) groups excluding carboxylic acids is 1. The van der Waals surface area contributed by atoms with Gasteiger partial charge < -0.3 is 11.1 Å². The number of aromatic nitrogens is 1. The van der Waals surface area contributed by atoms with Gasteiger partial charge in [0.15, 0.2) is 0 Å². The average Bonchev–Trinajstić information content (AvgIpc) is 2.35. The van der Waals surface area contributed by atoms with E-state index in [1.807, 2.05) is 30.3 Å². The predicted octanol–water partition coefficient (Wildman–Crippen LogP) is 3.33. The molecular formula is C17H23N3O. The molecule has 4 heteroatoms. The third kappa shape index (κ3) is 4.83. The maximum Gasteiger partial charge on any atom is 0.225 e. The van der Waals surface area contributed by atoms with E-state index in [1.165, 1.54) is 0 Å². The molecule has 0 aliphatic carbocycles. The summed E-state index contributed by atoms with van der Waals surface area (Å²) in [5, 5.41) is 3.88. The summed E-state index contributed by atoms with van der Waals surface area (Å²) >= 11 is 0. The number of hydrogen-bond donors (Lipinski definition) is 2. The fraction of sp³-hybridized carbons (Fsp3) is 0.412. The summed E-state index contributed by atoms with van der Waals surface area (Å²) in [5.74, 6) is -0.0659. The average molecular weight is 285 g/mol. The molecule has 1 aromatic carbocycles. The smallest absolute Gasteiger partial charge is 0.225 e. The van der Waals surface area contributed by atoms with E-state index in [-0.39, 0.29) is 17.4 Å². The van der Waals surface area contributed by atoms with Crippen LogP contribution in [-0.2, 0) is 4.79 Å². The van der Waals surface area contributed by atoms with Crippen LogP contribution in [0.4, 0.5) is 5.69 Å². The molecule has 0 spiro atoms. The molecule has 1 aromatic heterocycles. The Bertz CT molecular complexity index is 631. The van der Waals surface area contributed by atoms with Crippen molar-refractivity contribution in [3.8, 4) is 0 Å². The Morgan fingerprint density at radius 2 is 2.05 bits per heavy atom. The molecule has 2 rings (SSSR count). The van der Waals surface area contributed by atoms with Crippen molar-refractivity contribution in [3.05, 3.63) is 36.5 Å². The van der Waals surface area contributed by atoms with Crippen LogP contribution in [0.2, 0.25) is 0 Å². The molecule has 112 valence electrons. The van der Waals surface area contributed by atoms with Gasteiger partial charge in [0.1, 0.15) is 0 Å². The van der Waals surface area contributed by atoms with Gasteiger partial charge in [-0.15, -0.1) is 0 Å². The van der Waals surface area contributed by atoms with Crippen LogP contribution in [0, 0.1) is 5.41 Å². The summed E-state index contributed by atoms with van der Waals surface area (Å²) in [6.45, 7) is 6.37. The van der Waals surface area contributed by atoms with Crippen molar-refractivity contribution in [1.29, 1.82) is 0 Å². The first-order valence-corrected chi connectivity index (χ1v) is 7.24. The van der Waals surface area contributed by atoms with Crippen molar-refractivity contribution in [3.63, 3.8) is 0 Å². The number of hydrogen-bond acceptors (Lipinski definition) is 3. The van der Waals surface area contributed by atoms with Crippen LogP contribution < -0.4 is 11.1 Å². The van der Waals surface area contributed by atoms with Gasteiger partial charge in [-0.25, -0.2) is 0 Å². The minimum atomic E-state index is -0.126. The van der Waals surface area contributed by atoms with E-state index in [0.29, 0.717) is 12.1 Å². The van der Waals surface area contributed by atoms with Gasteiger partial charge in [0.05, 0.1) is 17.4 Å². The van der Waals surface area contributed by atoms with Gasteiger partial charge in [0.2, 0.25) is 5.91 Å². The van der Waals surface area contributed by atoms with Gasteiger partial charge in [0.25, 0.3) is 0 Å². The fourth-order valence-corrected chi connectivity index (χ4v) is 2.45. The van der Waals surface area contributed by atoms with E-state index >= 15 is 0 Å². The van der Waals surface area contributed by atoms with Crippen LogP contribution >= 0.6 is 0 Å². The highest BCUT2D eigenvalue weighted by Crippen LogP contribution is 2.21. The second kappa shape index (κ2) is 6.22. The second-order valence-corrected chi connectivity index (χ2v) is 6.69. The van der Waals surface area contributed by atoms with Crippen LogP contribution in [0.25, 0.3) is 10.9 Å². The number of nitrogens with zero attached hydrogens (tertiary/aromatic N) is 1. The molecule has 1 heterocycles. The Kier molecular flexibility index (Phi) is 4.58. The number of nitrogens with one attached hydrogen (secondary N) is 1. The third-order valence-electron chi connectivity index (χ3n) is 3.20. The Hall–Kier alpha value is -1.94. The standard InChI is InChI=1S/C17H23N3O/c1-17(2,3)10-13(18)9-16(21)20-14-8-12-6-4-5-7-15(12)19-11-14/h4-8,11,13H,9-10,18H2,1-3H3,(H,20,21). The number of fused-ring (bicyclic) bond motifs is 1. The van der Waals surface area contributed by atoms with Crippen LogP contribution in [0.1, 0.15) is 33.6 Å². The molecule has 0 saturated carbocycles. The zero-order valence-electron chi connectivity index (χ0n) is 12.9. The predicted molar refractivity (Wildman–Crippen MR) is 87.0 cm³/mol. The zero-order chi connectivity index (χ0) is 15.5. The van der Waals surface area contributed by atoms with E-state index in [0.717, 1.165) is 17.3 Å². The number of nitrogens with two attached hydrogens (primary N) is 1. The molecule has 0 aliphatic heterocycles. The van der Waals surface area contributed by atoms with Crippen LogP contribution in [0.15, 0.2) is 36.5 Å². The number of para-hydroxylation sites is 1. The van der Waals surface area contributed by atoms with Crippen molar-refractivity contribution in [2.75, 3.05) is 5.32 Å². The van der Waals surface area contributed by atoms with Gasteiger partial charge >= 0.3 is 0 Å². The first-order valence-electron chi connectivity index (χ1n) is 7.24. The van der Waals surface area contributed by atoms with Crippen molar-refractivity contribution in [1.82, 2.24) is 4.98 Å². The number of rotatable bonds is 4. The lowest BCUT2D eigenvalue weighted by atomic mass is 9.87. The van der Waals surface area contributed by atoms with Gasteiger partial charge in [-0.05, 0) is 24.0 Å². The molecule has 1 amide bonds. The Morgan fingerprint density at radius 3 is 2.76 bits per heavy atom. The summed E-state index contributed by atoms with van der Waals surface area (Å²) in [6, 6.07) is 9.62. The summed E-state index contributed by atoms with van der Waals surface area (Å²) in [7, 11) is 0. The minimum Gasteiger partial charge on any atom is -0.327 e. The van der Waals surface area contributed by atoms with Gasteiger partial charge in [-0.1, -0.05) is 39.0 Å². The van der Waals surface area contributed by atoms with E-state index in [4.69, 9.17) is 5.73 Å². The van der Waals surface area contributed by atoms with E-state index < -0.39 is 0 Å². The first kappa shape index (κ1) is 15.4. The van der Waals surface area contributed by atoms with Crippen molar-refractivity contribution in [2.45, 2.75) is 39.7 Å². The number of anilines is 1. The molecule has 2 aromatic rings. The zero-order valence-corrected chi connectivity index (χ0v) is 12.9. The number of pyridine rings is 1. The molecule has 0 saturated heterocycles. The summed E-state index contributed by atoms with van der Waals surface area (Å²) in [4.78, 5) is 16.4. The SMILES string of the molecule is CC(C)(C)CC(N)CC(=O)Nc1cnc2ccccc2c1. The van der Waals surface area contributed by atoms with Crippen molar-refractivity contribution < 1.29 is 4.79 Å². The normalized spacial score (nSPS) is 13.1. The Morgan fingerprint density at radius 1 is 1.33 bits per heavy atom. The van der Waals surface area contributed by atoms with Crippen LogP contribution in [0.3, 0.4) is 0 Å². The van der Waals surface area contributed by atoms with Crippen LogP contribution in [-0.4, -0.2) is 16.9 Å². The topological polar surface area (TPSA) is 68.0 Å². The molecule has 1 unspecified atom stereocenters. The lowest BCUT2D eigenvalue weighted by Crippen LogP contribution is -2.31. The van der Waals surface area contributed by atoms with Crippen molar-refractivity contribution >= 4 is 22.5 Å². The Labute approximate surface area is 125 Å². The van der Waals surface area contributed by atoms with Gasteiger partial charge in [-0.3, -0.25) is 9.78 Å². The molecule has 1 atom stereocenters. The number of amides is 1. The lowest BCUT2D eigenvalue weighted by Gasteiger charge is -2.22. The monoisotopic (exact) mass is 285 g/mol. The van der Waals surface area contributed by atoms with Gasteiger partial charge in [-0.2, -0.15) is 0 Å². The van der Waals surface area contributed by atoms with E-state index in [2.05, 4.69) is 31.1 Å². The first-order chi connectivity index (χ1) is 9.83. The highest BCUT2D eigenvalue weighted by Gasteiger charge is 2.18. The molecule has 4 nitrogen and oxygen atoms in total. The maximum atomic E-state index is 12.0. The fourth-order valence-electron chi connectivity index (χ4n) is 2.45. The molecule has 3 N–H and O–H groups in total. The lowest BCUT2D eigenvalue weighted by molar-refractivity contribution is -0.116. The summed E-state index contributed by atoms with van der Waals surface area (Å²) in [5.41, 5.74) is 7.78. The van der Waals surface area contributed by atoms with Gasteiger partial charge in [0, 0.05) is 17.8 Å². The van der Waals surface area contributed by atoms with Crippen LogP contribution in [0.5, 0.6) is 0 Å². The maximum absolute atomic E-state index is 12.0. The highest BCUT2D eigenvalue weighted by atomic mass is 16.1. The molecule has 0 fully saturated rings. The molecule has 0 radical (unpaired) electrons. The molecule has 0 aliphatic rings. The molecule has 0 bridgehead atoms. The van der Waals surface area contributed by atoms with E-state index in [9.17, 15) is 4.79 Å². The minimum absolute atomic E-state index is 0.0659. The summed E-state index contributed by atoms with van der Waals surface area (Å²) in [6.07, 6.45) is 2.82. The largest absolute Gasteiger partial charge is 0.327 e. The quantitative estimate of drug-likeness (QED) is 0.905. The second-order valence-electron chi connectivity index (χ2n) is 6.69. The number of carbonyl (C=O) groups is 1. The van der Waals surface area contributed by atoms with E-state index in [1.54, 1.807) is 6.20 Å².